The van der Waals surface area contributed by atoms with Crippen LogP contribution in [0.1, 0.15) is 49.9 Å². The zero-order chi connectivity index (χ0) is 25.5. The first-order valence-electron chi connectivity index (χ1n) is 12.3. The minimum Gasteiger partial charge on any atom is -0.298 e. The maximum Gasteiger partial charge on any atom is 0.257 e. The van der Waals surface area contributed by atoms with E-state index in [1.807, 2.05) is 43.5 Å². The van der Waals surface area contributed by atoms with Gasteiger partial charge >= 0.3 is 0 Å². The first-order chi connectivity index (χ1) is 17.4. The smallest absolute Gasteiger partial charge is 0.257 e. The lowest BCUT2D eigenvalue weighted by Gasteiger charge is -2.22. The Morgan fingerprint density at radius 3 is 2.28 bits per heavy atom. The van der Waals surface area contributed by atoms with E-state index in [0.29, 0.717) is 23.8 Å². The molecule has 36 heavy (non-hydrogen) atoms. The average Bonchev–Trinajstić information content (AvgIpc) is 3.36. The second-order valence-electron chi connectivity index (χ2n) is 8.65. The third kappa shape index (κ3) is 5.83. The van der Waals surface area contributed by atoms with Crippen LogP contribution in [-0.4, -0.2) is 36.7 Å². The van der Waals surface area contributed by atoms with Gasteiger partial charge in [0.25, 0.3) is 5.91 Å². The third-order valence-corrected chi connectivity index (χ3v) is 8.74. The van der Waals surface area contributed by atoms with E-state index in [1.165, 1.54) is 23.5 Å². The van der Waals surface area contributed by atoms with Crippen LogP contribution in [0.3, 0.4) is 0 Å². The molecule has 188 valence electrons. The van der Waals surface area contributed by atoms with E-state index in [2.05, 4.69) is 28.5 Å². The Morgan fingerprint density at radius 2 is 1.58 bits per heavy atom. The number of carbonyl (C=O) groups is 1. The number of hydrogen-bond acceptors (Lipinski definition) is 5. The summed E-state index contributed by atoms with van der Waals surface area (Å²) in [5, 5.41) is 7.49. The van der Waals surface area contributed by atoms with Crippen LogP contribution in [0.5, 0.6) is 0 Å². The summed E-state index contributed by atoms with van der Waals surface area (Å²) in [6.07, 6.45) is 3.49. The number of benzene rings is 3. The Morgan fingerprint density at radius 1 is 0.917 bits per heavy atom. The summed E-state index contributed by atoms with van der Waals surface area (Å²) >= 11 is 1.36. The van der Waals surface area contributed by atoms with E-state index >= 15 is 0 Å². The van der Waals surface area contributed by atoms with E-state index in [4.69, 9.17) is 0 Å². The molecule has 0 unspecified atom stereocenters. The molecule has 6 nitrogen and oxygen atoms in total. The number of carbonyl (C=O) groups excluding carboxylic acids is 1. The van der Waals surface area contributed by atoms with Gasteiger partial charge in [0.15, 0.2) is 5.13 Å². The van der Waals surface area contributed by atoms with Crippen molar-refractivity contribution in [3.05, 3.63) is 77.7 Å². The molecule has 4 aromatic rings. The highest BCUT2D eigenvalue weighted by Gasteiger charge is 2.24. The van der Waals surface area contributed by atoms with E-state index in [9.17, 15) is 13.2 Å². The van der Waals surface area contributed by atoms with Crippen molar-refractivity contribution < 1.29 is 13.2 Å². The molecule has 0 radical (unpaired) electrons. The molecule has 0 saturated heterocycles. The number of amides is 1. The molecule has 8 heteroatoms. The first-order valence-corrected chi connectivity index (χ1v) is 14.6. The summed E-state index contributed by atoms with van der Waals surface area (Å²) in [5.74, 6) is -0.327. The van der Waals surface area contributed by atoms with Crippen molar-refractivity contribution in [2.75, 3.05) is 18.4 Å². The van der Waals surface area contributed by atoms with Gasteiger partial charge in [-0.2, -0.15) is 4.31 Å². The summed E-state index contributed by atoms with van der Waals surface area (Å²) < 4.78 is 27.9. The van der Waals surface area contributed by atoms with Gasteiger partial charge in [0.2, 0.25) is 10.0 Å². The van der Waals surface area contributed by atoms with Crippen LogP contribution in [0, 0.1) is 0 Å². The molecule has 0 atom stereocenters. The lowest BCUT2D eigenvalue weighted by molar-refractivity contribution is 0.102. The molecule has 0 aliphatic rings. The minimum atomic E-state index is -3.60. The molecule has 0 fully saturated rings. The molecule has 3 aromatic carbocycles. The lowest BCUT2D eigenvalue weighted by Crippen LogP contribution is -2.33. The van der Waals surface area contributed by atoms with Gasteiger partial charge in [-0.05, 0) is 47.9 Å². The van der Waals surface area contributed by atoms with Gasteiger partial charge in [0, 0.05) is 29.6 Å². The third-order valence-electron chi connectivity index (χ3n) is 6.07. The number of sulfonamides is 1. The molecular weight excluding hydrogens is 490 g/mol. The molecule has 4 rings (SSSR count). The number of thiazole rings is 1. The molecule has 1 N–H and O–H groups in total. The lowest BCUT2D eigenvalue weighted by atomic mass is 10.0. The molecule has 0 aliphatic carbocycles. The quantitative estimate of drug-likeness (QED) is 0.235. The molecule has 0 saturated carbocycles. The van der Waals surface area contributed by atoms with Crippen LogP contribution in [0.15, 0.2) is 77.0 Å². The van der Waals surface area contributed by atoms with Crippen LogP contribution < -0.4 is 5.32 Å². The van der Waals surface area contributed by atoms with Gasteiger partial charge < -0.3 is 0 Å². The fourth-order valence-electron chi connectivity index (χ4n) is 4.02. The Bertz CT molecular complexity index is 1420. The van der Waals surface area contributed by atoms with Gasteiger partial charge in [-0.3, -0.25) is 10.1 Å². The molecule has 1 aromatic heterocycles. The molecule has 0 bridgehead atoms. The Labute approximate surface area is 217 Å². The number of fused-ring (bicyclic) bond motifs is 1. The highest BCUT2D eigenvalue weighted by Crippen LogP contribution is 2.31. The number of hydrogen-bond donors (Lipinski definition) is 1. The molecule has 0 spiro atoms. The van der Waals surface area contributed by atoms with Gasteiger partial charge in [-0.15, -0.1) is 11.3 Å². The summed E-state index contributed by atoms with van der Waals surface area (Å²) in [6, 6.07) is 20.3. The number of nitrogens with one attached hydrogen (secondary N) is 1. The molecule has 1 heterocycles. The summed E-state index contributed by atoms with van der Waals surface area (Å²) in [6.45, 7) is 5.10. The van der Waals surface area contributed by atoms with Crippen molar-refractivity contribution in [1.29, 1.82) is 0 Å². The monoisotopic (exact) mass is 521 g/mol. The molecular formula is C28H31N3O3S2. The van der Waals surface area contributed by atoms with Crippen LogP contribution >= 0.6 is 11.3 Å². The van der Waals surface area contributed by atoms with E-state index in [1.54, 1.807) is 16.4 Å². The number of rotatable bonds is 11. The van der Waals surface area contributed by atoms with Crippen molar-refractivity contribution in [2.24, 2.45) is 0 Å². The standard InChI is InChI=1S/C28H31N3O3S2/c1-3-5-18-31(19-6-4-2)36(33,34)23-16-14-22(15-17-23)27(32)30-28-29-26(20-35-28)25-13-9-11-21-10-7-8-12-24(21)25/h7-17,20H,3-6,18-19H2,1-2H3,(H,29,30,32). The summed E-state index contributed by atoms with van der Waals surface area (Å²) in [5.41, 5.74) is 2.19. The van der Waals surface area contributed by atoms with Crippen molar-refractivity contribution in [2.45, 2.75) is 44.4 Å². The Hall–Kier alpha value is -3.07. The fraction of sp³-hybridized carbons (Fsp3) is 0.286. The molecule has 0 aliphatic heterocycles. The zero-order valence-electron chi connectivity index (χ0n) is 20.6. The van der Waals surface area contributed by atoms with Gasteiger partial charge in [0.1, 0.15) is 0 Å². The van der Waals surface area contributed by atoms with Crippen molar-refractivity contribution in [3.63, 3.8) is 0 Å². The fourth-order valence-corrected chi connectivity index (χ4v) is 6.24. The maximum absolute atomic E-state index is 13.2. The van der Waals surface area contributed by atoms with Crippen LogP contribution in [0.2, 0.25) is 0 Å². The van der Waals surface area contributed by atoms with Gasteiger partial charge in [-0.25, -0.2) is 13.4 Å². The van der Waals surface area contributed by atoms with Crippen molar-refractivity contribution >= 4 is 43.2 Å². The van der Waals surface area contributed by atoms with Crippen LogP contribution in [0.4, 0.5) is 5.13 Å². The van der Waals surface area contributed by atoms with Crippen LogP contribution in [0.25, 0.3) is 22.0 Å². The van der Waals surface area contributed by atoms with Crippen molar-refractivity contribution in [1.82, 2.24) is 9.29 Å². The second-order valence-corrected chi connectivity index (χ2v) is 11.5. The van der Waals surface area contributed by atoms with E-state index in [-0.39, 0.29) is 10.8 Å². The SMILES string of the molecule is CCCCN(CCCC)S(=O)(=O)c1ccc(C(=O)Nc2nc(-c3cccc4ccccc34)cs2)cc1. The average molecular weight is 522 g/mol. The maximum atomic E-state index is 13.2. The largest absolute Gasteiger partial charge is 0.298 e. The summed E-state index contributed by atoms with van der Waals surface area (Å²) in [4.78, 5) is 17.7. The second kappa shape index (κ2) is 11.8. The molecule has 1 amide bonds. The Balaban J connectivity index is 1.48. The normalized spacial score (nSPS) is 11.8. The van der Waals surface area contributed by atoms with Gasteiger partial charge in [-0.1, -0.05) is 69.2 Å². The predicted molar refractivity (Wildman–Crippen MR) is 148 cm³/mol. The first kappa shape index (κ1) is 26.0. The topological polar surface area (TPSA) is 79.4 Å². The minimum absolute atomic E-state index is 0.207. The number of unbranched alkanes of at least 4 members (excludes halogenated alkanes) is 2. The van der Waals surface area contributed by atoms with Crippen LogP contribution in [-0.2, 0) is 10.0 Å². The van der Waals surface area contributed by atoms with E-state index < -0.39 is 10.0 Å². The Kier molecular flexibility index (Phi) is 8.51. The predicted octanol–water partition coefficient (Wildman–Crippen LogP) is 6.81. The van der Waals surface area contributed by atoms with Crippen molar-refractivity contribution in [3.8, 4) is 11.3 Å². The summed E-state index contributed by atoms with van der Waals surface area (Å²) in [7, 11) is -3.60. The number of anilines is 1. The van der Waals surface area contributed by atoms with E-state index in [0.717, 1.165) is 47.7 Å². The zero-order valence-corrected chi connectivity index (χ0v) is 22.2. The van der Waals surface area contributed by atoms with Gasteiger partial charge in [0.05, 0.1) is 10.6 Å². The number of aromatic nitrogens is 1. The number of nitrogens with zero attached hydrogens (tertiary/aromatic N) is 2. The highest BCUT2D eigenvalue weighted by molar-refractivity contribution is 7.89. The highest BCUT2D eigenvalue weighted by atomic mass is 32.2.